The van der Waals surface area contributed by atoms with Crippen molar-refractivity contribution in [3.8, 4) is 22.8 Å². The summed E-state index contributed by atoms with van der Waals surface area (Å²) < 4.78 is 7.96. The van der Waals surface area contributed by atoms with Crippen molar-refractivity contribution in [3.05, 3.63) is 94.5 Å². The van der Waals surface area contributed by atoms with Crippen LogP contribution in [0.5, 0.6) is 5.75 Å². The largest absolute Gasteiger partial charge is 0.497 e. The van der Waals surface area contributed by atoms with Crippen molar-refractivity contribution in [2.45, 2.75) is 12.1 Å². The van der Waals surface area contributed by atoms with Crippen molar-refractivity contribution in [1.29, 1.82) is 0 Å². The second-order valence-corrected chi connectivity index (χ2v) is 9.59. The molecule has 0 radical (unpaired) electrons. The van der Waals surface area contributed by atoms with Crippen LogP contribution in [0.3, 0.4) is 0 Å². The van der Waals surface area contributed by atoms with Gasteiger partial charge in [0.25, 0.3) is 5.91 Å². The lowest BCUT2D eigenvalue weighted by atomic mass is 10.2. The van der Waals surface area contributed by atoms with Crippen LogP contribution in [-0.4, -0.2) is 39.7 Å². The van der Waals surface area contributed by atoms with Crippen LogP contribution in [-0.2, 0) is 4.79 Å². The minimum Gasteiger partial charge on any atom is -0.497 e. The Morgan fingerprint density at radius 2 is 1.78 bits per heavy atom. The fourth-order valence-corrected chi connectivity index (χ4v) is 4.40. The summed E-state index contributed by atoms with van der Waals surface area (Å²) in [6, 6.07) is 25.5. The monoisotopic (exact) mass is 561 g/mol. The molecular formula is C27H24BrN5O2S. The predicted molar refractivity (Wildman–Crippen MR) is 149 cm³/mol. The van der Waals surface area contributed by atoms with Crippen molar-refractivity contribution in [2.75, 3.05) is 12.9 Å². The minimum absolute atomic E-state index is 0.129. The average molecular weight is 562 g/mol. The molecule has 0 aliphatic heterocycles. The highest BCUT2D eigenvalue weighted by molar-refractivity contribution is 9.12. The van der Waals surface area contributed by atoms with E-state index in [2.05, 4.69) is 36.7 Å². The van der Waals surface area contributed by atoms with Gasteiger partial charge in [0, 0.05) is 15.7 Å². The van der Waals surface area contributed by atoms with Crippen LogP contribution in [0.1, 0.15) is 11.1 Å². The van der Waals surface area contributed by atoms with Gasteiger partial charge in [-0.2, -0.15) is 5.10 Å². The van der Waals surface area contributed by atoms with Crippen LogP contribution in [0, 0.1) is 6.92 Å². The number of allylic oxidation sites excluding steroid dienone is 1. The standard InChI is InChI=1S/C27H24BrN5O2S/c1-19-8-12-23(13-9-19)33-26(21-10-14-24(35-2)15-11-21)31-32-27(33)36-18-25(34)30-29-17-22(28)16-20-6-4-3-5-7-20/h3-17H,18H2,1-2H3,(H,30,34)/b22-16-,29-17-. The van der Waals surface area contributed by atoms with E-state index < -0.39 is 0 Å². The second kappa shape index (κ2) is 12.3. The number of aromatic nitrogens is 3. The van der Waals surface area contributed by atoms with Crippen molar-refractivity contribution >= 4 is 45.9 Å². The summed E-state index contributed by atoms with van der Waals surface area (Å²) in [4.78, 5) is 12.4. The van der Waals surface area contributed by atoms with Gasteiger partial charge in [-0.05, 0) is 70.9 Å². The Morgan fingerprint density at radius 1 is 1.06 bits per heavy atom. The first-order valence-electron chi connectivity index (χ1n) is 11.1. The number of nitrogens with one attached hydrogen (secondary N) is 1. The molecular weight excluding hydrogens is 538 g/mol. The molecule has 1 aromatic heterocycles. The Balaban J connectivity index is 1.47. The number of nitrogens with zero attached hydrogens (tertiary/aromatic N) is 4. The molecule has 1 heterocycles. The van der Waals surface area contributed by atoms with E-state index >= 15 is 0 Å². The Kier molecular flexibility index (Phi) is 8.70. The van der Waals surface area contributed by atoms with Crippen LogP contribution >= 0.6 is 27.7 Å². The van der Waals surface area contributed by atoms with E-state index in [0.717, 1.165) is 32.6 Å². The van der Waals surface area contributed by atoms with Crippen molar-refractivity contribution in [3.63, 3.8) is 0 Å². The molecule has 0 atom stereocenters. The number of amides is 1. The van der Waals surface area contributed by atoms with Crippen molar-refractivity contribution in [2.24, 2.45) is 5.10 Å². The molecule has 0 unspecified atom stereocenters. The molecule has 0 bridgehead atoms. The summed E-state index contributed by atoms with van der Waals surface area (Å²) in [6.45, 7) is 2.04. The third-order valence-electron chi connectivity index (χ3n) is 5.09. The van der Waals surface area contributed by atoms with Crippen molar-refractivity contribution < 1.29 is 9.53 Å². The number of rotatable bonds is 9. The maximum absolute atomic E-state index is 12.4. The van der Waals surface area contributed by atoms with E-state index in [1.165, 1.54) is 11.8 Å². The summed E-state index contributed by atoms with van der Waals surface area (Å²) in [7, 11) is 1.63. The number of hydrogen-bond acceptors (Lipinski definition) is 6. The summed E-state index contributed by atoms with van der Waals surface area (Å²) >= 11 is 4.73. The summed E-state index contributed by atoms with van der Waals surface area (Å²) in [6.07, 6.45) is 3.46. The second-order valence-electron chi connectivity index (χ2n) is 7.73. The van der Waals surface area contributed by atoms with Gasteiger partial charge < -0.3 is 4.74 Å². The Bertz CT molecular complexity index is 1370. The summed E-state index contributed by atoms with van der Waals surface area (Å²) in [5.41, 5.74) is 6.53. The van der Waals surface area contributed by atoms with E-state index in [1.807, 2.05) is 96.4 Å². The van der Waals surface area contributed by atoms with Gasteiger partial charge in [0.15, 0.2) is 11.0 Å². The Labute approximate surface area is 222 Å². The quantitative estimate of drug-likeness (QED) is 0.157. The highest BCUT2D eigenvalue weighted by Crippen LogP contribution is 2.29. The number of aryl methyl sites for hydroxylation is 1. The summed E-state index contributed by atoms with van der Waals surface area (Å²) in [5.74, 6) is 1.32. The lowest BCUT2D eigenvalue weighted by molar-refractivity contribution is -0.118. The fourth-order valence-electron chi connectivity index (χ4n) is 3.29. The first-order chi connectivity index (χ1) is 17.5. The Hall–Kier alpha value is -3.69. The fraction of sp³-hybridized carbons (Fsp3) is 0.111. The first kappa shape index (κ1) is 25.4. The van der Waals surface area contributed by atoms with E-state index in [1.54, 1.807) is 13.3 Å². The molecule has 4 rings (SSSR count). The molecule has 36 heavy (non-hydrogen) atoms. The van der Waals surface area contributed by atoms with Gasteiger partial charge in [-0.15, -0.1) is 10.2 Å². The maximum atomic E-state index is 12.4. The molecule has 7 nitrogen and oxygen atoms in total. The zero-order chi connectivity index (χ0) is 25.3. The molecule has 0 aliphatic rings. The average Bonchev–Trinajstić information content (AvgIpc) is 3.32. The number of thioether (sulfide) groups is 1. The SMILES string of the molecule is COc1ccc(-c2nnc(SCC(=O)N/N=C\C(Br)=C\c3ccccc3)n2-c2ccc(C)cc2)cc1. The number of hydrogen-bond donors (Lipinski definition) is 1. The van der Waals surface area contributed by atoms with Crippen LogP contribution in [0.25, 0.3) is 23.2 Å². The molecule has 0 aliphatic carbocycles. The number of methoxy groups -OCH3 is 1. The van der Waals surface area contributed by atoms with Gasteiger partial charge in [-0.3, -0.25) is 9.36 Å². The first-order valence-corrected chi connectivity index (χ1v) is 12.8. The molecule has 182 valence electrons. The summed E-state index contributed by atoms with van der Waals surface area (Å²) in [5, 5.41) is 13.4. The number of carbonyl (C=O) groups is 1. The number of halogens is 1. The predicted octanol–water partition coefficient (Wildman–Crippen LogP) is 5.88. The van der Waals surface area contributed by atoms with E-state index in [4.69, 9.17) is 4.74 Å². The lowest BCUT2D eigenvalue weighted by Gasteiger charge is -2.11. The normalized spacial score (nSPS) is 11.6. The molecule has 0 saturated carbocycles. The van der Waals surface area contributed by atoms with Crippen molar-refractivity contribution in [1.82, 2.24) is 20.2 Å². The van der Waals surface area contributed by atoms with Gasteiger partial charge in [-0.1, -0.05) is 59.8 Å². The van der Waals surface area contributed by atoms with Gasteiger partial charge in [0.1, 0.15) is 5.75 Å². The molecule has 0 fully saturated rings. The highest BCUT2D eigenvalue weighted by atomic mass is 79.9. The highest BCUT2D eigenvalue weighted by Gasteiger charge is 2.17. The topological polar surface area (TPSA) is 81.4 Å². The molecule has 9 heteroatoms. The van der Waals surface area contributed by atoms with E-state index in [9.17, 15) is 4.79 Å². The number of benzene rings is 3. The third-order valence-corrected chi connectivity index (χ3v) is 6.45. The van der Waals surface area contributed by atoms with Crippen LogP contribution in [0.15, 0.2) is 93.6 Å². The van der Waals surface area contributed by atoms with Crippen LogP contribution in [0.2, 0.25) is 0 Å². The van der Waals surface area contributed by atoms with E-state index in [0.29, 0.717) is 11.0 Å². The zero-order valence-corrected chi connectivity index (χ0v) is 22.2. The molecule has 4 aromatic rings. The molecule has 3 aromatic carbocycles. The van der Waals surface area contributed by atoms with Gasteiger partial charge in [0.05, 0.1) is 19.1 Å². The third kappa shape index (κ3) is 6.71. The van der Waals surface area contributed by atoms with Crippen LogP contribution < -0.4 is 10.2 Å². The minimum atomic E-state index is -0.249. The maximum Gasteiger partial charge on any atom is 0.250 e. The van der Waals surface area contributed by atoms with Gasteiger partial charge in [0.2, 0.25) is 0 Å². The molecule has 0 saturated heterocycles. The van der Waals surface area contributed by atoms with Gasteiger partial charge >= 0.3 is 0 Å². The van der Waals surface area contributed by atoms with Crippen LogP contribution in [0.4, 0.5) is 0 Å². The smallest absolute Gasteiger partial charge is 0.250 e. The number of carbonyl (C=O) groups excluding carboxylic acids is 1. The number of ether oxygens (including phenoxy) is 1. The molecule has 0 spiro atoms. The zero-order valence-electron chi connectivity index (χ0n) is 19.8. The molecule has 1 N–H and O–H groups in total. The number of hydrazone groups is 1. The molecule has 1 amide bonds. The Morgan fingerprint density at radius 3 is 2.47 bits per heavy atom. The lowest BCUT2D eigenvalue weighted by Crippen LogP contribution is -2.19. The van der Waals surface area contributed by atoms with Gasteiger partial charge in [-0.25, -0.2) is 5.43 Å². The van der Waals surface area contributed by atoms with E-state index in [-0.39, 0.29) is 11.7 Å².